The molecule has 6 heteroatoms. The zero-order chi connectivity index (χ0) is 14.5. The fourth-order valence-corrected chi connectivity index (χ4v) is 2.30. The van der Waals surface area contributed by atoms with Gasteiger partial charge in [-0.25, -0.2) is 4.39 Å². The lowest BCUT2D eigenvalue weighted by atomic mass is 10.2. The maximum absolute atomic E-state index is 13.0. The number of ether oxygens (including phenoxy) is 1. The van der Waals surface area contributed by atoms with Crippen molar-refractivity contribution in [2.24, 2.45) is 0 Å². The highest BCUT2D eigenvalue weighted by Crippen LogP contribution is 2.17. The molecule has 0 aromatic heterocycles. The molecule has 2 rings (SSSR count). The summed E-state index contributed by atoms with van der Waals surface area (Å²) in [6, 6.07) is 4.17. The first-order valence-corrected chi connectivity index (χ1v) is 6.68. The number of rotatable bonds is 5. The summed E-state index contributed by atoms with van der Waals surface area (Å²) in [7, 11) is 1.71. The largest absolute Gasteiger partial charge is 0.396 e. The van der Waals surface area contributed by atoms with Crippen molar-refractivity contribution in [1.29, 1.82) is 0 Å². The number of nitrogen functional groups attached to an aromatic ring is 1. The Morgan fingerprint density at radius 3 is 3.05 bits per heavy atom. The van der Waals surface area contributed by atoms with E-state index in [1.807, 2.05) is 0 Å². The average molecular weight is 281 g/mol. The molecule has 1 amide bonds. The third-order valence-electron chi connectivity index (χ3n) is 3.50. The van der Waals surface area contributed by atoms with E-state index in [1.54, 1.807) is 7.11 Å². The summed E-state index contributed by atoms with van der Waals surface area (Å²) in [4.78, 5) is 14.0. The van der Waals surface area contributed by atoms with Crippen LogP contribution in [0.3, 0.4) is 0 Å². The Bertz CT molecular complexity index is 481. The molecule has 1 aromatic rings. The van der Waals surface area contributed by atoms with E-state index < -0.39 is 5.82 Å². The van der Waals surface area contributed by atoms with Gasteiger partial charge in [0.25, 0.3) is 0 Å². The number of halogens is 1. The predicted octanol–water partition coefficient (Wildman–Crippen LogP) is 1.46. The molecule has 1 saturated heterocycles. The highest BCUT2D eigenvalue weighted by molar-refractivity contribution is 5.91. The molecule has 1 aromatic carbocycles. The van der Waals surface area contributed by atoms with Crippen LogP contribution in [0, 0.1) is 5.82 Å². The molecule has 1 aliphatic heterocycles. The van der Waals surface area contributed by atoms with E-state index in [0.717, 1.165) is 19.5 Å². The summed E-state index contributed by atoms with van der Waals surface area (Å²) in [6.07, 6.45) is 1.68. The number of nitrogens with zero attached hydrogens (tertiary/aromatic N) is 1. The fourth-order valence-electron chi connectivity index (χ4n) is 2.30. The van der Waals surface area contributed by atoms with E-state index in [2.05, 4.69) is 10.2 Å². The van der Waals surface area contributed by atoms with Crippen LogP contribution in [0.15, 0.2) is 18.2 Å². The Morgan fingerprint density at radius 2 is 2.40 bits per heavy atom. The lowest BCUT2D eigenvalue weighted by Crippen LogP contribution is -2.27. The summed E-state index contributed by atoms with van der Waals surface area (Å²) >= 11 is 0. The molecule has 1 atom stereocenters. The highest BCUT2D eigenvalue weighted by Gasteiger charge is 2.22. The minimum atomic E-state index is -0.481. The third-order valence-corrected chi connectivity index (χ3v) is 3.50. The van der Waals surface area contributed by atoms with E-state index in [9.17, 15) is 9.18 Å². The van der Waals surface area contributed by atoms with Gasteiger partial charge in [-0.2, -0.15) is 0 Å². The number of carbonyl (C=O) groups excluding carboxylic acids is 1. The van der Waals surface area contributed by atoms with Crippen LogP contribution in [-0.2, 0) is 9.53 Å². The van der Waals surface area contributed by atoms with Gasteiger partial charge in [-0.05, 0) is 24.6 Å². The standard InChI is InChI=1S/C14H20FN3O2/c1-20-11-4-6-18(9-11)7-5-14(19)17-10-2-3-12(15)13(16)8-10/h2-3,8,11H,4-7,9,16H2,1H3,(H,17,19). The number of benzene rings is 1. The Balaban J connectivity index is 1.76. The maximum Gasteiger partial charge on any atom is 0.225 e. The molecule has 20 heavy (non-hydrogen) atoms. The summed E-state index contributed by atoms with van der Waals surface area (Å²) in [6.45, 7) is 2.52. The van der Waals surface area contributed by atoms with E-state index in [1.165, 1.54) is 18.2 Å². The first kappa shape index (κ1) is 14.7. The minimum Gasteiger partial charge on any atom is -0.396 e. The van der Waals surface area contributed by atoms with Crippen LogP contribution in [0.5, 0.6) is 0 Å². The number of methoxy groups -OCH3 is 1. The van der Waals surface area contributed by atoms with Crippen molar-refractivity contribution >= 4 is 17.3 Å². The van der Waals surface area contributed by atoms with Gasteiger partial charge in [0.1, 0.15) is 5.82 Å². The lowest BCUT2D eigenvalue weighted by molar-refractivity contribution is -0.116. The Hall–Kier alpha value is -1.66. The molecular weight excluding hydrogens is 261 g/mol. The molecule has 0 radical (unpaired) electrons. The minimum absolute atomic E-state index is 0.0327. The average Bonchev–Trinajstić information content (AvgIpc) is 2.89. The first-order chi connectivity index (χ1) is 9.58. The molecule has 1 unspecified atom stereocenters. The maximum atomic E-state index is 13.0. The van der Waals surface area contributed by atoms with Crippen LogP contribution in [0.2, 0.25) is 0 Å². The number of likely N-dealkylation sites (tertiary alicyclic amines) is 1. The number of nitrogens with one attached hydrogen (secondary N) is 1. The zero-order valence-corrected chi connectivity index (χ0v) is 11.6. The Labute approximate surface area is 117 Å². The molecule has 0 spiro atoms. The molecule has 1 fully saturated rings. The number of nitrogens with two attached hydrogens (primary N) is 1. The molecule has 1 heterocycles. The van der Waals surface area contributed by atoms with Gasteiger partial charge in [-0.1, -0.05) is 0 Å². The van der Waals surface area contributed by atoms with Gasteiger partial charge in [0, 0.05) is 38.9 Å². The first-order valence-electron chi connectivity index (χ1n) is 6.68. The summed E-state index contributed by atoms with van der Waals surface area (Å²) in [5.74, 6) is -0.581. The van der Waals surface area contributed by atoms with E-state index in [4.69, 9.17) is 10.5 Å². The summed E-state index contributed by atoms with van der Waals surface area (Å²) < 4.78 is 18.3. The lowest BCUT2D eigenvalue weighted by Gasteiger charge is -2.15. The van der Waals surface area contributed by atoms with Crippen molar-refractivity contribution in [3.8, 4) is 0 Å². The molecule has 3 N–H and O–H groups in total. The smallest absolute Gasteiger partial charge is 0.225 e. The van der Waals surface area contributed by atoms with Gasteiger partial charge in [0.2, 0.25) is 5.91 Å². The van der Waals surface area contributed by atoms with Crippen LogP contribution < -0.4 is 11.1 Å². The van der Waals surface area contributed by atoms with Crippen molar-refractivity contribution < 1.29 is 13.9 Å². The Morgan fingerprint density at radius 1 is 1.60 bits per heavy atom. The van der Waals surface area contributed by atoms with Gasteiger partial charge in [0.05, 0.1) is 11.8 Å². The topological polar surface area (TPSA) is 67.6 Å². The number of anilines is 2. The molecule has 0 bridgehead atoms. The van der Waals surface area contributed by atoms with Crippen LogP contribution in [-0.4, -0.2) is 43.7 Å². The molecule has 110 valence electrons. The van der Waals surface area contributed by atoms with Crippen molar-refractivity contribution in [3.05, 3.63) is 24.0 Å². The zero-order valence-electron chi connectivity index (χ0n) is 11.6. The van der Waals surface area contributed by atoms with Gasteiger partial charge in [0.15, 0.2) is 0 Å². The van der Waals surface area contributed by atoms with Crippen molar-refractivity contribution in [2.45, 2.75) is 18.9 Å². The van der Waals surface area contributed by atoms with Crippen LogP contribution in [0.4, 0.5) is 15.8 Å². The summed E-state index contributed by atoms with van der Waals surface area (Å²) in [5.41, 5.74) is 6.00. The van der Waals surface area contributed by atoms with Crippen molar-refractivity contribution in [1.82, 2.24) is 4.90 Å². The number of hydrogen-bond acceptors (Lipinski definition) is 4. The molecule has 0 saturated carbocycles. The monoisotopic (exact) mass is 281 g/mol. The number of hydrogen-bond donors (Lipinski definition) is 2. The summed E-state index contributed by atoms with van der Waals surface area (Å²) in [5, 5.41) is 2.72. The predicted molar refractivity (Wildman–Crippen MR) is 75.9 cm³/mol. The van der Waals surface area contributed by atoms with Gasteiger partial charge in [-0.3, -0.25) is 4.79 Å². The fraction of sp³-hybridized carbons (Fsp3) is 0.500. The normalized spacial score (nSPS) is 19.2. The number of carbonyl (C=O) groups is 1. The molecular formula is C14H20FN3O2. The SMILES string of the molecule is COC1CCN(CCC(=O)Nc2ccc(F)c(N)c2)C1. The second-order valence-corrected chi connectivity index (χ2v) is 4.98. The second kappa shape index (κ2) is 6.67. The van der Waals surface area contributed by atoms with Gasteiger partial charge < -0.3 is 20.7 Å². The van der Waals surface area contributed by atoms with E-state index in [0.29, 0.717) is 18.7 Å². The Kier molecular flexibility index (Phi) is 4.92. The van der Waals surface area contributed by atoms with Crippen LogP contribution >= 0.6 is 0 Å². The molecule has 5 nitrogen and oxygen atoms in total. The van der Waals surface area contributed by atoms with Crippen LogP contribution in [0.25, 0.3) is 0 Å². The van der Waals surface area contributed by atoms with E-state index >= 15 is 0 Å². The molecule has 0 aliphatic carbocycles. The number of amides is 1. The van der Waals surface area contributed by atoms with Gasteiger partial charge in [-0.15, -0.1) is 0 Å². The van der Waals surface area contributed by atoms with Crippen molar-refractivity contribution in [2.75, 3.05) is 37.8 Å². The molecule has 1 aliphatic rings. The highest BCUT2D eigenvalue weighted by atomic mass is 19.1. The third kappa shape index (κ3) is 3.91. The second-order valence-electron chi connectivity index (χ2n) is 4.98. The van der Waals surface area contributed by atoms with Crippen LogP contribution in [0.1, 0.15) is 12.8 Å². The van der Waals surface area contributed by atoms with Gasteiger partial charge >= 0.3 is 0 Å². The van der Waals surface area contributed by atoms with Crippen molar-refractivity contribution in [3.63, 3.8) is 0 Å². The quantitative estimate of drug-likeness (QED) is 0.802. The van der Waals surface area contributed by atoms with E-state index in [-0.39, 0.29) is 17.7 Å².